The molecule has 0 radical (unpaired) electrons. The summed E-state index contributed by atoms with van der Waals surface area (Å²) < 4.78 is 11.7. The van der Waals surface area contributed by atoms with E-state index in [0.717, 1.165) is 11.3 Å². The second-order valence-corrected chi connectivity index (χ2v) is 13.1. The molecule has 3 heterocycles. The molecule has 4 amide bonds. The zero-order valence-corrected chi connectivity index (χ0v) is 26.8. The molecule has 45 heavy (non-hydrogen) atoms. The molecule has 0 aromatic carbocycles. The Balaban J connectivity index is 1.74. The predicted molar refractivity (Wildman–Crippen MR) is 156 cm³/mol. The van der Waals surface area contributed by atoms with Gasteiger partial charge in [0.15, 0.2) is 16.7 Å². The number of oxime groups is 1. The van der Waals surface area contributed by atoms with Crippen molar-refractivity contribution < 1.29 is 43.4 Å². The first-order valence-electron chi connectivity index (χ1n) is 13.5. The maximum atomic E-state index is 13.4. The molecule has 2 atom stereocenters. The summed E-state index contributed by atoms with van der Waals surface area (Å²) >= 11 is 0.943. The fraction of sp³-hybridized carbons (Fsp3) is 0.600. The number of nitrogens with one attached hydrogen (secondary N) is 4. The van der Waals surface area contributed by atoms with Crippen molar-refractivity contribution in [3.05, 3.63) is 16.9 Å². The van der Waals surface area contributed by atoms with Gasteiger partial charge in [0.1, 0.15) is 22.9 Å². The molecule has 2 aromatic heterocycles. The number of anilines is 1. The molecule has 2 aromatic rings. The first-order chi connectivity index (χ1) is 20.7. The number of nitrogens with zero attached hydrogens (tertiary/aromatic N) is 6. The van der Waals surface area contributed by atoms with E-state index in [1.807, 2.05) is 0 Å². The van der Waals surface area contributed by atoms with E-state index >= 15 is 0 Å². The van der Waals surface area contributed by atoms with Crippen molar-refractivity contribution in [2.24, 2.45) is 5.16 Å². The number of β-lactam (4-membered cyclic amide) rings is 1. The lowest BCUT2D eigenvalue weighted by molar-refractivity contribution is -0.161. The van der Waals surface area contributed by atoms with Crippen LogP contribution in [0.5, 0.6) is 0 Å². The first kappa shape index (κ1) is 34.6. The fourth-order valence-electron chi connectivity index (χ4n) is 3.35. The van der Waals surface area contributed by atoms with Crippen molar-refractivity contribution >= 4 is 52.2 Å². The summed E-state index contributed by atoms with van der Waals surface area (Å²) in [6.45, 7) is 12.6. The molecule has 1 saturated heterocycles. The lowest BCUT2D eigenvalue weighted by Crippen LogP contribution is -2.70. The molecule has 0 saturated carbocycles. The largest absolute Gasteiger partial charge is 0.478 e. The second kappa shape index (κ2) is 13.4. The van der Waals surface area contributed by atoms with Crippen molar-refractivity contribution in [1.82, 2.24) is 41.1 Å². The number of alkyl carbamates (subject to hydrolysis) is 1. The number of aromatic nitrogens is 5. The third-order valence-corrected chi connectivity index (χ3v) is 6.27. The van der Waals surface area contributed by atoms with Gasteiger partial charge < -0.3 is 35.4 Å². The van der Waals surface area contributed by atoms with Crippen LogP contribution in [-0.2, 0) is 41.8 Å². The molecular weight excluding hydrogens is 616 g/mol. The Labute approximate surface area is 261 Å². The number of hydrogen-bond acceptors (Lipinski definition) is 14. The summed E-state index contributed by atoms with van der Waals surface area (Å²) in [5.74, 6) is -2.54. The van der Waals surface area contributed by atoms with Gasteiger partial charge >= 0.3 is 18.2 Å². The quantitative estimate of drug-likeness (QED) is 0.128. The summed E-state index contributed by atoms with van der Waals surface area (Å²) in [4.78, 5) is 70.9. The molecule has 0 unspecified atom stereocenters. The van der Waals surface area contributed by atoms with Gasteiger partial charge in [0.05, 0.1) is 19.1 Å². The van der Waals surface area contributed by atoms with Crippen LogP contribution in [0.2, 0.25) is 0 Å². The number of carboxylic acid groups (broad SMARTS) is 1. The number of amides is 4. The molecule has 19 nitrogen and oxygen atoms in total. The van der Waals surface area contributed by atoms with E-state index in [2.05, 4.69) is 46.9 Å². The van der Waals surface area contributed by atoms with Gasteiger partial charge in [0, 0.05) is 5.38 Å². The Morgan fingerprint density at radius 2 is 1.71 bits per heavy atom. The number of rotatable bonds is 11. The van der Waals surface area contributed by atoms with Gasteiger partial charge in [-0.05, 0) is 65.8 Å². The summed E-state index contributed by atoms with van der Waals surface area (Å²) in [5, 5.41) is 36.1. The molecule has 1 aliphatic rings. The third kappa shape index (κ3) is 10.1. The summed E-state index contributed by atoms with van der Waals surface area (Å²) in [6.07, 6.45) is -1.46. The van der Waals surface area contributed by atoms with Gasteiger partial charge in [-0.3, -0.25) is 14.9 Å². The molecule has 0 aliphatic carbocycles. The maximum absolute atomic E-state index is 13.4. The SMILES string of the molecule is CC(C)(C)OC(=O)NCc1nnnn1C[C@H]1NC(=O)[C@H]1NC(=O)/C(=N\OC(C)(C)C(=O)O)c1csc(NC(=O)OC(C)(C)C)n1. The molecule has 0 spiro atoms. The molecule has 1 aliphatic heterocycles. The summed E-state index contributed by atoms with van der Waals surface area (Å²) in [5.41, 5.74) is -3.83. The lowest BCUT2D eigenvalue weighted by atomic mass is 9.98. The summed E-state index contributed by atoms with van der Waals surface area (Å²) in [7, 11) is 0. The standard InChI is InChI=1S/C25H36N10O9S/c1-23(2,3)42-21(40)26-9-14-31-33-34-35(14)10-12-15(17(36)27-12)29-18(37)16(32-44-25(7,8)19(38)39)13-11-45-20(28-13)30-22(41)43-24(4,5)6/h11-12,15H,9-10H2,1-8H3,(H,26,40)(H,27,36)(H,29,37)(H,38,39)(H,28,30,41)/b32-16-/t12-,15+/m1/s1. The van der Waals surface area contributed by atoms with Gasteiger partial charge in [-0.2, -0.15) is 0 Å². The second-order valence-electron chi connectivity index (χ2n) is 12.2. The number of carbonyl (C=O) groups is 5. The number of aliphatic carboxylic acids is 1. The molecule has 246 valence electrons. The first-order valence-corrected chi connectivity index (χ1v) is 14.4. The van der Waals surface area contributed by atoms with Crippen LogP contribution in [0.4, 0.5) is 14.7 Å². The fourth-order valence-corrected chi connectivity index (χ4v) is 4.03. The van der Waals surface area contributed by atoms with E-state index in [1.54, 1.807) is 41.5 Å². The van der Waals surface area contributed by atoms with Crippen molar-refractivity contribution in [3.8, 4) is 0 Å². The van der Waals surface area contributed by atoms with E-state index < -0.39 is 64.6 Å². The van der Waals surface area contributed by atoms with Crippen LogP contribution in [0, 0.1) is 0 Å². The van der Waals surface area contributed by atoms with Crippen molar-refractivity contribution in [2.75, 3.05) is 5.32 Å². The number of ether oxygens (including phenoxy) is 2. The highest BCUT2D eigenvalue weighted by Gasteiger charge is 2.42. The Bertz CT molecular complexity index is 1470. The number of carbonyl (C=O) groups excluding carboxylic acids is 4. The van der Waals surface area contributed by atoms with E-state index in [0.29, 0.717) is 0 Å². The number of hydrogen-bond donors (Lipinski definition) is 5. The van der Waals surface area contributed by atoms with E-state index in [1.165, 1.54) is 23.9 Å². The van der Waals surface area contributed by atoms with Crippen LogP contribution >= 0.6 is 11.3 Å². The normalized spacial score (nSPS) is 17.0. The zero-order chi connectivity index (χ0) is 33.7. The Morgan fingerprint density at radius 1 is 1.07 bits per heavy atom. The third-order valence-electron chi connectivity index (χ3n) is 5.51. The molecule has 0 bridgehead atoms. The highest BCUT2D eigenvalue weighted by atomic mass is 32.1. The van der Waals surface area contributed by atoms with Gasteiger partial charge in [-0.15, -0.1) is 16.4 Å². The Kier molecular flexibility index (Phi) is 10.3. The smallest absolute Gasteiger partial charge is 0.413 e. The Hall–Kier alpha value is -4.88. The number of thiazole rings is 1. The average molecular weight is 653 g/mol. The van der Waals surface area contributed by atoms with Crippen LogP contribution in [0.15, 0.2) is 10.5 Å². The maximum Gasteiger partial charge on any atom is 0.413 e. The van der Waals surface area contributed by atoms with Crippen molar-refractivity contribution in [3.63, 3.8) is 0 Å². The van der Waals surface area contributed by atoms with Crippen LogP contribution in [-0.4, -0.2) is 94.9 Å². The van der Waals surface area contributed by atoms with Crippen LogP contribution in [0.25, 0.3) is 0 Å². The van der Waals surface area contributed by atoms with Crippen molar-refractivity contribution in [1.29, 1.82) is 0 Å². The zero-order valence-electron chi connectivity index (χ0n) is 26.0. The highest BCUT2D eigenvalue weighted by Crippen LogP contribution is 2.20. The van der Waals surface area contributed by atoms with E-state index in [9.17, 15) is 29.1 Å². The topological polar surface area (TPSA) is 250 Å². The monoisotopic (exact) mass is 652 g/mol. The minimum atomic E-state index is -1.82. The van der Waals surface area contributed by atoms with Crippen LogP contribution < -0.4 is 21.3 Å². The molecule has 5 N–H and O–H groups in total. The van der Waals surface area contributed by atoms with Gasteiger partial charge in [0.25, 0.3) is 5.91 Å². The number of tetrazole rings is 1. The molecular formula is C25H36N10O9S. The van der Waals surface area contributed by atoms with Crippen LogP contribution in [0.1, 0.15) is 66.9 Å². The van der Waals surface area contributed by atoms with E-state index in [-0.39, 0.29) is 29.7 Å². The predicted octanol–water partition coefficient (Wildman–Crippen LogP) is 0.769. The molecule has 20 heteroatoms. The molecule has 3 rings (SSSR count). The van der Waals surface area contributed by atoms with Gasteiger partial charge in [-0.25, -0.2) is 24.0 Å². The lowest BCUT2D eigenvalue weighted by Gasteiger charge is -2.36. The minimum Gasteiger partial charge on any atom is -0.478 e. The van der Waals surface area contributed by atoms with Gasteiger partial charge in [0.2, 0.25) is 11.5 Å². The number of carboxylic acids is 1. The minimum absolute atomic E-state index is 0.0185. The average Bonchev–Trinajstić information content (AvgIpc) is 3.53. The Morgan fingerprint density at radius 3 is 2.31 bits per heavy atom. The van der Waals surface area contributed by atoms with Crippen molar-refractivity contribution in [2.45, 2.75) is 97.4 Å². The molecule has 1 fully saturated rings. The summed E-state index contributed by atoms with van der Waals surface area (Å²) in [6, 6.07) is -1.76. The van der Waals surface area contributed by atoms with Crippen LogP contribution in [0.3, 0.4) is 0 Å². The highest BCUT2D eigenvalue weighted by molar-refractivity contribution is 7.14. The van der Waals surface area contributed by atoms with E-state index in [4.69, 9.17) is 14.3 Å². The van der Waals surface area contributed by atoms with Gasteiger partial charge in [-0.1, -0.05) is 5.16 Å².